The molecular formula is C20H23N3O2. The highest BCUT2D eigenvalue weighted by molar-refractivity contribution is 5.88. The minimum atomic E-state index is -0.534. The van der Waals surface area contributed by atoms with Gasteiger partial charge < -0.3 is 10.6 Å². The van der Waals surface area contributed by atoms with Gasteiger partial charge in [-0.2, -0.15) is 0 Å². The molecule has 0 radical (unpaired) electrons. The summed E-state index contributed by atoms with van der Waals surface area (Å²) < 4.78 is 0. The number of carbonyl (C=O) groups is 2. The second-order valence-electron chi connectivity index (χ2n) is 6.45. The molecule has 3 rings (SSSR count). The summed E-state index contributed by atoms with van der Waals surface area (Å²) in [6, 6.07) is 13.3. The molecule has 2 N–H and O–H groups in total. The summed E-state index contributed by atoms with van der Waals surface area (Å²) in [5, 5.41) is 5.89. The van der Waals surface area contributed by atoms with Crippen molar-refractivity contribution in [2.45, 2.75) is 44.2 Å². The predicted octanol–water partition coefficient (Wildman–Crippen LogP) is 2.02. The van der Waals surface area contributed by atoms with Crippen LogP contribution in [0.4, 0.5) is 0 Å². The molecule has 1 saturated carbocycles. The highest BCUT2D eigenvalue weighted by Gasteiger charge is 2.28. The normalized spacial score (nSPS) is 14.6. The number of amides is 2. The molecule has 1 fully saturated rings. The van der Waals surface area contributed by atoms with E-state index in [1.165, 1.54) is 0 Å². The lowest BCUT2D eigenvalue weighted by atomic mass is 10.0. The number of hydrogen-bond acceptors (Lipinski definition) is 3. The molecule has 1 atom stereocenters. The van der Waals surface area contributed by atoms with Gasteiger partial charge in [0.2, 0.25) is 11.8 Å². The van der Waals surface area contributed by atoms with Crippen molar-refractivity contribution >= 4 is 11.8 Å². The van der Waals surface area contributed by atoms with Crippen LogP contribution in [0.3, 0.4) is 0 Å². The summed E-state index contributed by atoms with van der Waals surface area (Å²) in [6.07, 6.45) is 6.98. The van der Waals surface area contributed by atoms with Crippen LogP contribution in [0.25, 0.3) is 0 Å². The predicted molar refractivity (Wildman–Crippen MR) is 95.8 cm³/mol. The van der Waals surface area contributed by atoms with Crippen molar-refractivity contribution in [1.29, 1.82) is 0 Å². The SMILES string of the molecule is O=C(CCc1ccncc1)N[C@H](Cc1ccccc1)C(=O)NC1CC1. The molecule has 0 saturated heterocycles. The van der Waals surface area contributed by atoms with Gasteiger partial charge >= 0.3 is 0 Å². The molecular weight excluding hydrogens is 314 g/mol. The Hall–Kier alpha value is -2.69. The van der Waals surface area contributed by atoms with E-state index in [9.17, 15) is 9.59 Å². The average molecular weight is 337 g/mol. The van der Waals surface area contributed by atoms with E-state index in [4.69, 9.17) is 0 Å². The van der Waals surface area contributed by atoms with Gasteiger partial charge in [-0.15, -0.1) is 0 Å². The highest BCUT2D eigenvalue weighted by atomic mass is 16.2. The van der Waals surface area contributed by atoms with E-state index in [2.05, 4.69) is 15.6 Å². The molecule has 1 aromatic carbocycles. The van der Waals surface area contributed by atoms with Crippen molar-refractivity contribution < 1.29 is 9.59 Å². The number of benzene rings is 1. The average Bonchev–Trinajstić information content (AvgIpc) is 3.45. The Labute approximate surface area is 147 Å². The van der Waals surface area contributed by atoms with E-state index in [0.717, 1.165) is 24.0 Å². The first-order valence-electron chi connectivity index (χ1n) is 8.73. The van der Waals surface area contributed by atoms with Crippen LogP contribution in [0.15, 0.2) is 54.9 Å². The van der Waals surface area contributed by atoms with Gasteiger partial charge in [-0.05, 0) is 42.5 Å². The van der Waals surface area contributed by atoms with Crippen LogP contribution in [0, 0.1) is 0 Å². The van der Waals surface area contributed by atoms with Crippen LogP contribution < -0.4 is 10.6 Å². The molecule has 25 heavy (non-hydrogen) atoms. The first kappa shape index (κ1) is 17.1. The molecule has 2 aromatic rings. The van der Waals surface area contributed by atoms with Crippen LogP contribution in [0.1, 0.15) is 30.4 Å². The van der Waals surface area contributed by atoms with Crippen molar-refractivity contribution in [3.8, 4) is 0 Å². The third-order valence-corrected chi connectivity index (χ3v) is 4.25. The van der Waals surface area contributed by atoms with Gasteiger partial charge in [0.25, 0.3) is 0 Å². The molecule has 0 bridgehead atoms. The summed E-state index contributed by atoms with van der Waals surface area (Å²) in [5.74, 6) is -0.202. The van der Waals surface area contributed by atoms with Crippen LogP contribution in [-0.2, 0) is 22.4 Å². The molecule has 1 aliphatic rings. The second-order valence-corrected chi connectivity index (χ2v) is 6.45. The van der Waals surface area contributed by atoms with Crippen LogP contribution in [0.5, 0.6) is 0 Å². The fourth-order valence-electron chi connectivity index (χ4n) is 2.66. The number of carbonyl (C=O) groups excluding carboxylic acids is 2. The largest absolute Gasteiger partial charge is 0.352 e. The van der Waals surface area contributed by atoms with Gasteiger partial charge in [0.05, 0.1) is 0 Å². The van der Waals surface area contributed by atoms with Crippen molar-refractivity contribution in [2.75, 3.05) is 0 Å². The van der Waals surface area contributed by atoms with Crippen LogP contribution in [-0.4, -0.2) is 28.9 Å². The van der Waals surface area contributed by atoms with E-state index in [-0.39, 0.29) is 17.9 Å². The smallest absolute Gasteiger partial charge is 0.243 e. The molecule has 5 nitrogen and oxygen atoms in total. The van der Waals surface area contributed by atoms with Crippen LogP contribution >= 0.6 is 0 Å². The van der Waals surface area contributed by atoms with Gasteiger partial charge in [0, 0.05) is 31.3 Å². The van der Waals surface area contributed by atoms with Crippen molar-refractivity contribution in [3.63, 3.8) is 0 Å². The lowest BCUT2D eigenvalue weighted by Gasteiger charge is -2.18. The number of aromatic nitrogens is 1. The van der Waals surface area contributed by atoms with Crippen molar-refractivity contribution in [2.24, 2.45) is 0 Å². The Morgan fingerprint density at radius 1 is 1.04 bits per heavy atom. The molecule has 5 heteroatoms. The quantitative estimate of drug-likeness (QED) is 0.774. The lowest BCUT2D eigenvalue weighted by Crippen LogP contribution is -2.48. The molecule has 0 aliphatic heterocycles. The Kier molecular flexibility index (Phi) is 5.77. The number of rotatable bonds is 8. The Morgan fingerprint density at radius 2 is 1.76 bits per heavy atom. The number of hydrogen-bond donors (Lipinski definition) is 2. The van der Waals surface area contributed by atoms with E-state index < -0.39 is 6.04 Å². The van der Waals surface area contributed by atoms with Gasteiger partial charge in [0.15, 0.2) is 0 Å². The molecule has 1 aliphatic carbocycles. The minimum absolute atomic E-state index is 0.0939. The Bertz CT molecular complexity index is 699. The standard InChI is InChI=1S/C20H23N3O2/c24-19(9-6-15-10-12-21-13-11-15)23-18(20(25)22-17-7-8-17)14-16-4-2-1-3-5-16/h1-5,10-13,17-18H,6-9,14H2,(H,22,25)(H,23,24)/t18-/m1/s1. The van der Waals surface area contributed by atoms with Gasteiger partial charge in [0.1, 0.15) is 6.04 Å². The maximum absolute atomic E-state index is 12.5. The first-order chi connectivity index (χ1) is 12.2. The molecule has 1 heterocycles. The summed E-state index contributed by atoms with van der Waals surface area (Å²) in [6.45, 7) is 0. The summed E-state index contributed by atoms with van der Waals surface area (Å²) in [5.41, 5.74) is 2.10. The van der Waals surface area contributed by atoms with E-state index in [1.807, 2.05) is 42.5 Å². The minimum Gasteiger partial charge on any atom is -0.352 e. The maximum Gasteiger partial charge on any atom is 0.243 e. The fraction of sp³-hybridized carbons (Fsp3) is 0.350. The fourth-order valence-corrected chi connectivity index (χ4v) is 2.66. The van der Waals surface area contributed by atoms with Crippen LogP contribution in [0.2, 0.25) is 0 Å². The Morgan fingerprint density at radius 3 is 2.44 bits per heavy atom. The van der Waals surface area contributed by atoms with E-state index in [0.29, 0.717) is 19.3 Å². The number of nitrogens with one attached hydrogen (secondary N) is 2. The lowest BCUT2D eigenvalue weighted by molar-refractivity contribution is -0.129. The van der Waals surface area contributed by atoms with Gasteiger partial charge in [-0.1, -0.05) is 30.3 Å². The summed E-state index contributed by atoms with van der Waals surface area (Å²) >= 11 is 0. The summed E-state index contributed by atoms with van der Waals surface area (Å²) in [7, 11) is 0. The van der Waals surface area contributed by atoms with Gasteiger partial charge in [-0.3, -0.25) is 14.6 Å². The van der Waals surface area contributed by atoms with E-state index >= 15 is 0 Å². The molecule has 0 spiro atoms. The summed E-state index contributed by atoms with van der Waals surface area (Å²) in [4.78, 5) is 28.8. The number of nitrogens with zero attached hydrogens (tertiary/aromatic N) is 1. The number of pyridine rings is 1. The number of aryl methyl sites for hydroxylation is 1. The zero-order valence-corrected chi connectivity index (χ0v) is 14.2. The van der Waals surface area contributed by atoms with E-state index in [1.54, 1.807) is 12.4 Å². The van der Waals surface area contributed by atoms with Crippen molar-refractivity contribution in [1.82, 2.24) is 15.6 Å². The second kappa shape index (κ2) is 8.42. The Balaban J connectivity index is 1.57. The maximum atomic E-state index is 12.5. The highest BCUT2D eigenvalue weighted by Crippen LogP contribution is 2.19. The first-order valence-corrected chi connectivity index (χ1v) is 8.73. The molecule has 130 valence electrons. The van der Waals surface area contributed by atoms with Crippen molar-refractivity contribution in [3.05, 3.63) is 66.0 Å². The molecule has 1 aromatic heterocycles. The van der Waals surface area contributed by atoms with Gasteiger partial charge in [-0.25, -0.2) is 0 Å². The zero-order chi connectivity index (χ0) is 17.5. The molecule has 2 amide bonds. The third-order valence-electron chi connectivity index (χ3n) is 4.25. The monoisotopic (exact) mass is 337 g/mol. The molecule has 0 unspecified atom stereocenters. The topological polar surface area (TPSA) is 71.1 Å². The zero-order valence-electron chi connectivity index (χ0n) is 14.2. The third kappa shape index (κ3) is 5.71.